The van der Waals surface area contributed by atoms with E-state index in [2.05, 4.69) is 10.0 Å². The van der Waals surface area contributed by atoms with E-state index in [1.807, 2.05) is 0 Å². The maximum atomic E-state index is 13.2. The van der Waals surface area contributed by atoms with Crippen molar-refractivity contribution in [3.63, 3.8) is 0 Å². The summed E-state index contributed by atoms with van der Waals surface area (Å²) in [5, 5.41) is 2.53. The number of amides is 1. The second kappa shape index (κ2) is 7.31. The normalized spacial score (nSPS) is 11.0. The van der Waals surface area contributed by atoms with Crippen molar-refractivity contribution >= 4 is 27.3 Å². The summed E-state index contributed by atoms with van der Waals surface area (Å²) < 4.78 is 45.7. The molecule has 128 valence electrons. The zero-order valence-corrected chi connectivity index (χ0v) is 14.0. The van der Waals surface area contributed by atoms with Crippen LogP contribution in [0.15, 0.2) is 47.4 Å². The molecule has 0 aliphatic heterocycles. The molecule has 8 heteroatoms. The van der Waals surface area contributed by atoms with E-state index in [0.717, 1.165) is 6.07 Å². The van der Waals surface area contributed by atoms with Gasteiger partial charge in [-0.1, -0.05) is 6.07 Å². The lowest BCUT2D eigenvalue weighted by Gasteiger charge is -2.13. The van der Waals surface area contributed by atoms with Crippen LogP contribution in [0.2, 0.25) is 0 Å². The van der Waals surface area contributed by atoms with Crippen LogP contribution < -0.4 is 14.8 Å². The highest BCUT2D eigenvalue weighted by Gasteiger charge is 2.17. The third-order valence-electron chi connectivity index (χ3n) is 2.95. The number of hydrogen-bond acceptors (Lipinski definition) is 4. The zero-order valence-electron chi connectivity index (χ0n) is 13.2. The van der Waals surface area contributed by atoms with E-state index in [4.69, 9.17) is 4.74 Å². The summed E-state index contributed by atoms with van der Waals surface area (Å²) in [5.41, 5.74) is 0.344. The fourth-order valence-electron chi connectivity index (χ4n) is 2.01. The summed E-state index contributed by atoms with van der Waals surface area (Å²) in [5.74, 6) is -0.554. The van der Waals surface area contributed by atoms with Crippen molar-refractivity contribution in [3.05, 3.63) is 48.3 Å². The highest BCUT2D eigenvalue weighted by molar-refractivity contribution is 7.92. The number of ether oxygens (including phenoxy) is 1. The summed E-state index contributed by atoms with van der Waals surface area (Å²) in [6.07, 6.45) is 0. The predicted octanol–water partition coefficient (Wildman–Crippen LogP) is 2.98. The number of anilines is 2. The smallest absolute Gasteiger partial charge is 0.261 e. The standard InChI is InChI=1S/C16H17FN2O4S/c1-3-23-16-8-7-14(10-15(16)18-11(2)20)24(21,22)19-13-6-4-5-12(17)9-13/h4-10,19H,3H2,1-2H3,(H,18,20). The van der Waals surface area contributed by atoms with E-state index in [0.29, 0.717) is 12.4 Å². The van der Waals surface area contributed by atoms with Crippen molar-refractivity contribution in [2.24, 2.45) is 0 Å². The number of carbonyl (C=O) groups excluding carboxylic acids is 1. The molecule has 0 saturated carbocycles. The Morgan fingerprint density at radius 1 is 1.21 bits per heavy atom. The fourth-order valence-corrected chi connectivity index (χ4v) is 3.09. The molecule has 0 bridgehead atoms. The lowest BCUT2D eigenvalue weighted by Crippen LogP contribution is -2.14. The Hall–Kier alpha value is -2.61. The molecule has 0 fully saturated rings. The Morgan fingerprint density at radius 2 is 1.96 bits per heavy atom. The molecule has 1 amide bonds. The molecule has 2 aromatic rings. The fraction of sp³-hybridized carbons (Fsp3) is 0.188. The predicted molar refractivity (Wildman–Crippen MR) is 89.1 cm³/mol. The number of nitrogens with one attached hydrogen (secondary N) is 2. The molecular formula is C16H17FN2O4S. The number of benzene rings is 2. The Labute approximate surface area is 139 Å². The van der Waals surface area contributed by atoms with Crippen molar-refractivity contribution in [1.29, 1.82) is 0 Å². The molecule has 24 heavy (non-hydrogen) atoms. The van der Waals surface area contributed by atoms with Crippen LogP contribution in [0, 0.1) is 5.82 Å². The maximum absolute atomic E-state index is 13.2. The van der Waals surface area contributed by atoms with Crippen LogP contribution in [0.4, 0.5) is 15.8 Å². The van der Waals surface area contributed by atoms with Gasteiger partial charge in [0.2, 0.25) is 5.91 Å². The van der Waals surface area contributed by atoms with Crippen LogP contribution in [0.1, 0.15) is 13.8 Å². The minimum absolute atomic E-state index is 0.0843. The molecular weight excluding hydrogens is 335 g/mol. The Kier molecular flexibility index (Phi) is 5.40. The number of sulfonamides is 1. The van der Waals surface area contributed by atoms with Crippen LogP contribution in [0.5, 0.6) is 5.75 Å². The van der Waals surface area contributed by atoms with Crippen molar-refractivity contribution < 1.29 is 22.3 Å². The lowest BCUT2D eigenvalue weighted by molar-refractivity contribution is -0.114. The van der Waals surface area contributed by atoms with E-state index in [-0.39, 0.29) is 22.2 Å². The molecule has 2 aromatic carbocycles. The largest absolute Gasteiger partial charge is 0.492 e. The summed E-state index contributed by atoms with van der Waals surface area (Å²) >= 11 is 0. The minimum atomic E-state index is -3.94. The van der Waals surface area contributed by atoms with Crippen LogP contribution in [0.25, 0.3) is 0 Å². The van der Waals surface area contributed by atoms with Crippen molar-refractivity contribution in [1.82, 2.24) is 0 Å². The number of hydrogen-bond donors (Lipinski definition) is 2. The first-order valence-corrected chi connectivity index (χ1v) is 8.63. The van der Waals surface area contributed by atoms with Gasteiger partial charge in [0.05, 0.1) is 22.9 Å². The van der Waals surface area contributed by atoms with Crippen LogP contribution >= 0.6 is 0 Å². The highest BCUT2D eigenvalue weighted by Crippen LogP contribution is 2.29. The van der Waals surface area contributed by atoms with Gasteiger partial charge in [-0.2, -0.15) is 0 Å². The van der Waals surface area contributed by atoms with Gasteiger partial charge in [0.1, 0.15) is 11.6 Å². The SMILES string of the molecule is CCOc1ccc(S(=O)(=O)Nc2cccc(F)c2)cc1NC(C)=O. The van der Waals surface area contributed by atoms with Crippen LogP contribution in [-0.2, 0) is 14.8 Å². The Morgan fingerprint density at radius 3 is 2.58 bits per heavy atom. The topological polar surface area (TPSA) is 84.5 Å². The molecule has 0 aromatic heterocycles. The average Bonchev–Trinajstić information content (AvgIpc) is 2.48. The van der Waals surface area contributed by atoms with Gasteiger partial charge in [-0.15, -0.1) is 0 Å². The van der Waals surface area contributed by atoms with E-state index in [9.17, 15) is 17.6 Å². The molecule has 0 aliphatic carbocycles. The molecule has 0 saturated heterocycles. The molecule has 2 N–H and O–H groups in total. The van der Waals surface area contributed by atoms with E-state index in [1.165, 1.54) is 43.3 Å². The summed E-state index contributed by atoms with van der Waals surface area (Å²) in [4.78, 5) is 11.2. The zero-order chi connectivity index (χ0) is 17.7. The number of rotatable bonds is 6. The Balaban J connectivity index is 2.37. The molecule has 0 aliphatic rings. The van der Waals surface area contributed by atoms with E-state index >= 15 is 0 Å². The lowest BCUT2D eigenvalue weighted by atomic mass is 10.3. The van der Waals surface area contributed by atoms with Gasteiger partial charge in [-0.25, -0.2) is 12.8 Å². The first-order chi connectivity index (χ1) is 11.3. The van der Waals surface area contributed by atoms with E-state index in [1.54, 1.807) is 6.92 Å². The van der Waals surface area contributed by atoms with Gasteiger partial charge in [0.25, 0.3) is 10.0 Å². The van der Waals surface area contributed by atoms with E-state index < -0.39 is 15.8 Å². The van der Waals surface area contributed by atoms with Crippen molar-refractivity contribution in [2.45, 2.75) is 18.7 Å². The van der Waals surface area contributed by atoms with Gasteiger partial charge in [-0.3, -0.25) is 9.52 Å². The van der Waals surface area contributed by atoms with Gasteiger partial charge in [0.15, 0.2) is 0 Å². The second-order valence-electron chi connectivity index (χ2n) is 4.89. The molecule has 0 spiro atoms. The third kappa shape index (κ3) is 4.45. The van der Waals surface area contributed by atoms with Crippen LogP contribution in [0.3, 0.4) is 0 Å². The van der Waals surface area contributed by atoms with Gasteiger partial charge < -0.3 is 10.1 Å². The third-order valence-corrected chi connectivity index (χ3v) is 4.33. The van der Waals surface area contributed by atoms with Gasteiger partial charge in [-0.05, 0) is 43.3 Å². The first-order valence-electron chi connectivity index (χ1n) is 7.14. The quantitative estimate of drug-likeness (QED) is 0.837. The number of halogens is 1. The molecule has 0 atom stereocenters. The molecule has 0 heterocycles. The molecule has 6 nitrogen and oxygen atoms in total. The monoisotopic (exact) mass is 352 g/mol. The minimum Gasteiger partial charge on any atom is -0.492 e. The maximum Gasteiger partial charge on any atom is 0.261 e. The van der Waals surface area contributed by atoms with Crippen LogP contribution in [-0.4, -0.2) is 20.9 Å². The highest BCUT2D eigenvalue weighted by atomic mass is 32.2. The summed E-state index contributed by atoms with van der Waals surface area (Å²) in [6.45, 7) is 3.44. The summed E-state index contributed by atoms with van der Waals surface area (Å²) in [6, 6.07) is 9.20. The summed E-state index contributed by atoms with van der Waals surface area (Å²) in [7, 11) is -3.94. The second-order valence-corrected chi connectivity index (χ2v) is 6.57. The molecule has 2 rings (SSSR count). The van der Waals surface area contributed by atoms with Crippen molar-refractivity contribution in [2.75, 3.05) is 16.6 Å². The average molecular weight is 352 g/mol. The first kappa shape index (κ1) is 17.7. The Bertz CT molecular complexity index is 853. The van der Waals surface area contributed by atoms with Gasteiger partial charge >= 0.3 is 0 Å². The van der Waals surface area contributed by atoms with Crippen molar-refractivity contribution in [3.8, 4) is 5.75 Å². The van der Waals surface area contributed by atoms with Gasteiger partial charge in [0, 0.05) is 6.92 Å². The molecule has 0 radical (unpaired) electrons. The molecule has 0 unspecified atom stereocenters. The number of carbonyl (C=O) groups is 1.